The van der Waals surface area contributed by atoms with Gasteiger partial charge in [0.05, 0.1) is 5.69 Å². The molecule has 9 heteroatoms. The number of carbonyl (C=O) groups is 1. The van der Waals surface area contributed by atoms with Gasteiger partial charge in [0.2, 0.25) is 5.91 Å². The van der Waals surface area contributed by atoms with Crippen LogP contribution in [0.3, 0.4) is 0 Å². The maximum absolute atomic E-state index is 13.5. The summed E-state index contributed by atoms with van der Waals surface area (Å²) < 4.78 is 34.2. The number of aromatic nitrogens is 4. The number of hydrogen-bond acceptors (Lipinski definition) is 5. The third kappa shape index (κ3) is 4.84. The molecule has 1 amide bonds. The third-order valence-electron chi connectivity index (χ3n) is 6.40. The first kappa shape index (κ1) is 22.9. The molecule has 0 aliphatic carbocycles. The van der Waals surface area contributed by atoms with E-state index in [0.717, 1.165) is 30.2 Å². The average Bonchev–Trinajstić information content (AvgIpc) is 3.43. The molecule has 0 spiro atoms. The largest absolute Gasteiger partial charge is 0.445 e. The van der Waals surface area contributed by atoms with Gasteiger partial charge in [-0.05, 0) is 75.2 Å². The van der Waals surface area contributed by atoms with Crippen molar-refractivity contribution in [1.82, 2.24) is 24.6 Å². The first-order chi connectivity index (χ1) is 16.9. The summed E-state index contributed by atoms with van der Waals surface area (Å²) in [6, 6.07) is 11.7. The molecule has 5 rings (SSSR count). The number of aryl methyl sites for hydroxylation is 2. The van der Waals surface area contributed by atoms with E-state index in [1.54, 1.807) is 24.3 Å². The number of rotatable bonds is 5. The molecule has 2 aromatic carbocycles. The van der Waals surface area contributed by atoms with Gasteiger partial charge >= 0.3 is 0 Å². The first-order valence-electron chi connectivity index (χ1n) is 11.6. The van der Waals surface area contributed by atoms with Gasteiger partial charge in [-0.2, -0.15) is 0 Å². The fourth-order valence-corrected chi connectivity index (χ4v) is 4.26. The van der Waals surface area contributed by atoms with Crippen LogP contribution in [-0.2, 0) is 11.3 Å². The van der Waals surface area contributed by atoms with E-state index < -0.39 is 0 Å². The van der Waals surface area contributed by atoms with Crippen LogP contribution in [0.5, 0.6) is 0 Å². The summed E-state index contributed by atoms with van der Waals surface area (Å²) in [5, 5.41) is 4.54. The summed E-state index contributed by atoms with van der Waals surface area (Å²) in [5.74, 6) is 1.76. The third-order valence-corrected chi connectivity index (χ3v) is 6.40. The Bertz CT molecular complexity index is 1320. The number of oxazole rings is 1. The lowest BCUT2D eigenvalue weighted by Crippen LogP contribution is -2.40. The van der Waals surface area contributed by atoms with Crippen LogP contribution in [0.2, 0.25) is 0 Å². The van der Waals surface area contributed by atoms with Crippen molar-refractivity contribution in [3.8, 4) is 22.8 Å². The standard InChI is InChI=1S/C26H25F2N5O2/c1-16-17(2)35-26(29-16)20-11-13-32(14-12-20)23(34)15-33-25(19-5-9-22(28)10-6-19)30-24(31-33)18-3-7-21(27)8-4-18/h3-10,20H,11-15H2,1-2H3. The highest BCUT2D eigenvalue weighted by molar-refractivity contribution is 5.77. The quantitative estimate of drug-likeness (QED) is 0.409. The highest BCUT2D eigenvalue weighted by atomic mass is 19.1. The highest BCUT2D eigenvalue weighted by Crippen LogP contribution is 2.29. The van der Waals surface area contributed by atoms with E-state index in [9.17, 15) is 13.6 Å². The van der Waals surface area contributed by atoms with Gasteiger partial charge in [0.1, 0.15) is 23.9 Å². The number of hydrogen-bond donors (Lipinski definition) is 0. The van der Waals surface area contributed by atoms with Gasteiger partial charge in [-0.3, -0.25) is 4.79 Å². The molecule has 0 saturated carbocycles. The van der Waals surface area contributed by atoms with Crippen molar-refractivity contribution in [3.05, 3.63) is 77.5 Å². The number of benzene rings is 2. The Morgan fingerprint density at radius 1 is 0.943 bits per heavy atom. The molecule has 7 nitrogen and oxygen atoms in total. The number of nitrogens with zero attached hydrogens (tertiary/aromatic N) is 5. The van der Waals surface area contributed by atoms with Gasteiger partial charge in [0.25, 0.3) is 0 Å². The van der Waals surface area contributed by atoms with Crippen molar-refractivity contribution in [3.63, 3.8) is 0 Å². The normalized spacial score (nSPS) is 14.5. The van der Waals surface area contributed by atoms with Crippen molar-refractivity contribution in [1.29, 1.82) is 0 Å². The van der Waals surface area contributed by atoms with Crippen LogP contribution in [0.4, 0.5) is 8.78 Å². The van der Waals surface area contributed by atoms with Crippen LogP contribution < -0.4 is 0 Å². The second-order valence-electron chi connectivity index (χ2n) is 8.78. The van der Waals surface area contributed by atoms with Crippen LogP contribution in [0.15, 0.2) is 52.9 Å². The fourth-order valence-electron chi connectivity index (χ4n) is 4.26. The number of carbonyl (C=O) groups excluding carboxylic acids is 1. The Balaban J connectivity index is 1.35. The molecular formula is C26H25F2N5O2. The molecule has 0 radical (unpaired) electrons. The zero-order valence-electron chi connectivity index (χ0n) is 19.5. The number of likely N-dealkylation sites (tertiary alicyclic amines) is 1. The minimum atomic E-state index is -0.367. The van der Waals surface area contributed by atoms with Crippen molar-refractivity contribution < 1.29 is 18.0 Å². The van der Waals surface area contributed by atoms with Crippen molar-refractivity contribution in [2.75, 3.05) is 13.1 Å². The lowest BCUT2D eigenvalue weighted by atomic mass is 9.97. The van der Waals surface area contributed by atoms with Gasteiger partial charge in [-0.1, -0.05) is 0 Å². The van der Waals surface area contributed by atoms with Crippen LogP contribution in [-0.4, -0.2) is 43.6 Å². The Hall–Kier alpha value is -3.88. The Morgan fingerprint density at radius 3 is 2.11 bits per heavy atom. The summed E-state index contributed by atoms with van der Waals surface area (Å²) in [6.07, 6.45) is 1.54. The zero-order chi connectivity index (χ0) is 24.5. The van der Waals surface area contributed by atoms with Gasteiger partial charge in [0.15, 0.2) is 17.5 Å². The van der Waals surface area contributed by atoms with Crippen LogP contribution in [0.25, 0.3) is 22.8 Å². The van der Waals surface area contributed by atoms with Gasteiger partial charge < -0.3 is 9.32 Å². The van der Waals surface area contributed by atoms with Crippen molar-refractivity contribution in [2.45, 2.75) is 39.2 Å². The number of amides is 1. The SMILES string of the molecule is Cc1nc(C2CCN(C(=O)Cn3nc(-c4ccc(F)cc4)nc3-c3ccc(F)cc3)CC2)oc1C. The highest BCUT2D eigenvalue weighted by Gasteiger charge is 2.28. The molecule has 3 heterocycles. The predicted molar refractivity (Wildman–Crippen MR) is 125 cm³/mol. The average molecular weight is 478 g/mol. The molecule has 180 valence electrons. The maximum atomic E-state index is 13.5. The Labute approximate surface area is 201 Å². The molecule has 1 aliphatic rings. The summed E-state index contributed by atoms with van der Waals surface area (Å²) in [6.45, 7) is 5.01. The first-order valence-corrected chi connectivity index (χ1v) is 11.6. The maximum Gasteiger partial charge on any atom is 0.244 e. The van der Waals surface area contributed by atoms with Gasteiger partial charge in [0, 0.05) is 30.1 Å². The lowest BCUT2D eigenvalue weighted by Gasteiger charge is -2.30. The Morgan fingerprint density at radius 2 is 1.54 bits per heavy atom. The zero-order valence-corrected chi connectivity index (χ0v) is 19.5. The molecule has 0 N–H and O–H groups in total. The summed E-state index contributed by atoms with van der Waals surface area (Å²) in [5.41, 5.74) is 2.15. The molecule has 1 fully saturated rings. The Kier molecular flexibility index (Phi) is 6.15. The van der Waals surface area contributed by atoms with E-state index in [1.165, 1.54) is 28.9 Å². The monoisotopic (exact) mass is 477 g/mol. The van der Waals surface area contributed by atoms with Gasteiger partial charge in [-0.25, -0.2) is 23.4 Å². The molecule has 1 saturated heterocycles. The van der Waals surface area contributed by atoms with E-state index in [0.29, 0.717) is 35.9 Å². The smallest absolute Gasteiger partial charge is 0.244 e. The lowest BCUT2D eigenvalue weighted by molar-refractivity contribution is -0.133. The van der Waals surface area contributed by atoms with Crippen LogP contribution >= 0.6 is 0 Å². The number of piperidine rings is 1. The predicted octanol–water partition coefficient (Wildman–Crippen LogP) is 4.90. The van der Waals surface area contributed by atoms with Gasteiger partial charge in [-0.15, -0.1) is 5.10 Å². The number of halogens is 2. The minimum absolute atomic E-state index is 0.0111. The van der Waals surface area contributed by atoms with E-state index >= 15 is 0 Å². The summed E-state index contributed by atoms with van der Waals surface area (Å²) in [4.78, 5) is 24.1. The second kappa shape index (κ2) is 9.40. The summed E-state index contributed by atoms with van der Waals surface area (Å²) >= 11 is 0. The topological polar surface area (TPSA) is 77.1 Å². The minimum Gasteiger partial charge on any atom is -0.445 e. The van der Waals surface area contributed by atoms with Crippen molar-refractivity contribution >= 4 is 5.91 Å². The summed E-state index contributed by atoms with van der Waals surface area (Å²) in [7, 11) is 0. The van der Waals surface area contributed by atoms with Crippen molar-refractivity contribution in [2.24, 2.45) is 0 Å². The molecule has 0 bridgehead atoms. The molecule has 2 aromatic heterocycles. The van der Waals surface area contributed by atoms with E-state index in [-0.39, 0.29) is 30.0 Å². The molecule has 4 aromatic rings. The molecule has 35 heavy (non-hydrogen) atoms. The van der Waals surface area contributed by atoms with E-state index in [1.807, 2.05) is 18.7 Å². The second-order valence-corrected chi connectivity index (χ2v) is 8.78. The fraction of sp³-hybridized carbons (Fsp3) is 0.308. The molecule has 1 aliphatic heterocycles. The molecular weight excluding hydrogens is 452 g/mol. The van der Waals surface area contributed by atoms with E-state index in [4.69, 9.17) is 4.42 Å². The van der Waals surface area contributed by atoms with Crippen LogP contribution in [0.1, 0.15) is 36.1 Å². The van der Waals surface area contributed by atoms with E-state index in [2.05, 4.69) is 15.1 Å². The van der Waals surface area contributed by atoms with Crippen LogP contribution in [0, 0.1) is 25.5 Å². The molecule has 0 unspecified atom stereocenters. The molecule has 0 atom stereocenters.